The van der Waals surface area contributed by atoms with Crippen LogP contribution in [0.1, 0.15) is 18.1 Å². The molecular weight excluding hydrogens is 366 g/mol. The largest absolute Gasteiger partial charge is 0.492 e. The lowest BCUT2D eigenvalue weighted by Crippen LogP contribution is -2.38. The van der Waals surface area contributed by atoms with E-state index in [1.807, 2.05) is 24.3 Å². The minimum Gasteiger partial charge on any atom is -0.492 e. The number of hydrogen-bond donors (Lipinski definition) is 3. The van der Waals surface area contributed by atoms with Gasteiger partial charge in [-0.3, -0.25) is 0 Å². The van der Waals surface area contributed by atoms with Crippen LogP contribution < -0.4 is 20.5 Å². The van der Waals surface area contributed by atoms with E-state index in [1.54, 1.807) is 12.1 Å². The maximum atomic E-state index is 11.8. The number of benzene rings is 2. The Labute approximate surface area is 160 Å². The van der Waals surface area contributed by atoms with E-state index in [4.69, 9.17) is 9.88 Å². The van der Waals surface area contributed by atoms with E-state index in [2.05, 4.69) is 17.6 Å². The molecule has 0 aliphatic carbocycles. The Morgan fingerprint density at radius 3 is 2.41 bits per heavy atom. The lowest BCUT2D eigenvalue weighted by molar-refractivity contribution is 0.236. The Morgan fingerprint density at radius 2 is 1.74 bits per heavy atom. The number of carbonyl (C=O) groups excluding carboxylic acids is 1. The molecular formula is C19H25N3O4S. The third kappa shape index (κ3) is 7.28. The summed E-state index contributed by atoms with van der Waals surface area (Å²) < 4.78 is 28.0. The van der Waals surface area contributed by atoms with Gasteiger partial charge in [0.05, 0.1) is 11.4 Å². The third-order valence-electron chi connectivity index (χ3n) is 3.91. The highest BCUT2D eigenvalue weighted by molar-refractivity contribution is 7.89. The van der Waals surface area contributed by atoms with Gasteiger partial charge in [-0.05, 0) is 48.2 Å². The number of carbonyl (C=O) groups is 1. The van der Waals surface area contributed by atoms with E-state index in [-0.39, 0.29) is 10.9 Å². The van der Waals surface area contributed by atoms with Crippen molar-refractivity contribution in [2.75, 3.05) is 19.7 Å². The molecule has 2 amide bonds. The second-order valence-corrected chi connectivity index (χ2v) is 7.53. The Morgan fingerprint density at radius 1 is 1.04 bits per heavy atom. The fourth-order valence-corrected chi connectivity index (χ4v) is 2.93. The highest BCUT2D eigenvalue weighted by atomic mass is 32.2. The molecule has 0 unspecified atom stereocenters. The number of aryl methyl sites for hydroxylation is 1. The van der Waals surface area contributed by atoms with Crippen LogP contribution in [0.3, 0.4) is 0 Å². The van der Waals surface area contributed by atoms with E-state index in [0.29, 0.717) is 26.1 Å². The van der Waals surface area contributed by atoms with E-state index in [1.165, 1.54) is 17.7 Å². The lowest BCUT2D eigenvalue weighted by atomic mass is 10.1. The van der Waals surface area contributed by atoms with E-state index in [0.717, 1.165) is 17.7 Å². The first-order valence-electron chi connectivity index (χ1n) is 8.73. The molecule has 0 bridgehead atoms. The molecule has 27 heavy (non-hydrogen) atoms. The predicted octanol–water partition coefficient (Wildman–Crippen LogP) is 1.82. The van der Waals surface area contributed by atoms with Gasteiger partial charge in [-0.2, -0.15) is 0 Å². The molecule has 0 aromatic heterocycles. The first-order valence-corrected chi connectivity index (χ1v) is 10.3. The quantitative estimate of drug-likeness (QED) is 0.566. The average Bonchev–Trinajstić information content (AvgIpc) is 2.65. The van der Waals surface area contributed by atoms with Crippen molar-refractivity contribution in [1.29, 1.82) is 0 Å². The summed E-state index contributed by atoms with van der Waals surface area (Å²) in [7, 11) is -3.68. The number of primary sulfonamides is 1. The zero-order valence-corrected chi connectivity index (χ0v) is 16.1. The summed E-state index contributed by atoms with van der Waals surface area (Å²) in [5.74, 6) is 0.791. The zero-order valence-electron chi connectivity index (χ0n) is 15.3. The normalized spacial score (nSPS) is 11.0. The van der Waals surface area contributed by atoms with Crippen LogP contribution in [0.25, 0.3) is 0 Å². The maximum absolute atomic E-state index is 11.8. The molecule has 2 rings (SSSR count). The molecule has 0 aliphatic heterocycles. The van der Waals surface area contributed by atoms with E-state index < -0.39 is 10.0 Å². The number of nitrogens with two attached hydrogens (primary N) is 1. The number of sulfonamides is 1. The second kappa shape index (κ2) is 9.94. The van der Waals surface area contributed by atoms with Crippen molar-refractivity contribution >= 4 is 16.1 Å². The molecule has 0 heterocycles. The Kier molecular flexibility index (Phi) is 7.63. The van der Waals surface area contributed by atoms with E-state index in [9.17, 15) is 13.2 Å². The molecule has 7 nitrogen and oxygen atoms in total. The molecule has 2 aromatic carbocycles. The van der Waals surface area contributed by atoms with Crippen LogP contribution >= 0.6 is 0 Å². The monoisotopic (exact) mass is 391 g/mol. The molecule has 0 saturated carbocycles. The minimum absolute atomic E-state index is 0.0708. The van der Waals surface area contributed by atoms with Gasteiger partial charge in [-0.15, -0.1) is 0 Å². The van der Waals surface area contributed by atoms with Gasteiger partial charge in [0, 0.05) is 6.54 Å². The van der Waals surface area contributed by atoms with Crippen molar-refractivity contribution in [2.24, 2.45) is 5.14 Å². The molecule has 0 atom stereocenters. The van der Waals surface area contributed by atoms with Crippen molar-refractivity contribution < 1.29 is 17.9 Å². The predicted molar refractivity (Wildman–Crippen MR) is 104 cm³/mol. The van der Waals surface area contributed by atoms with Crippen LogP contribution in [-0.4, -0.2) is 34.1 Å². The van der Waals surface area contributed by atoms with Crippen LogP contribution in [-0.2, 0) is 22.9 Å². The average molecular weight is 391 g/mol. The maximum Gasteiger partial charge on any atom is 0.314 e. The van der Waals surface area contributed by atoms with Crippen LogP contribution in [0.2, 0.25) is 0 Å². The molecule has 0 aliphatic rings. The Balaban J connectivity index is 1.63. The summed E-state index contributed by atoms with van der Waals surface area (Å²) in [6.07, 6.45) is 1.53. The molecule has 0 fully saturated rings. The summed E-state index contributed by atoms with van der Waals surface area (Å²) in [5.41, 5.74) is 2.11. The number of rotatable bonds is 9. The second-order valence-electron chi connectivity index (χ2n) is 5.97. The van der Waals surface area contributed by atoms with Crippen LogP contribution in [0.15, 0.2) is 53.4 Å². The topological polar surface area (TPSA) is 111 Å². The van der Waals surface area contributed by atoms with Gasteiger partial charge in [0.15, 0.2) is 0 Å². The van der Waals surface area contributed by atoms with Gasteiger partial charge in [-0.1, -0.05) is 31.2 Å². The summed E-state index contributed by atoms with van der Waals surface area (Å²) >= 11 is 0. The van der Waals surface area contributed by atoms with Gasteiger partial charge in [0.25, 0.3) is 0 Å². The van der Waals surface area contributed by atoms with Crippen molar-refractivity contribution in [3.05, 3.63) is 59.7 Å². The summed E-state index contributed by atoms with van der Waals surface area (Å²) in [5, 5.41) is 10.5. The van der Waals surface area contributed by atoms with Crippen LogP contribution in [0.4, 0.5) is 4.79 Å². The molecule has 0 saturated heterocycles. The number of nitrogens with one attached hydrogen (secondary N) is 2. The first-order chi connectivity index (χ1) is 12.9. The summed E-state index contributed by atoms with van der Waals surface area (Å²) in [6, 6.07) is 13.9. The first kappa shape index (κ1) is 20.7. The third-order valence-corrected chi connectivity index (χ3v) is 4.84. The van der Waals surface area contributed by atoms with Gasteiger partial charge in [0.1, 0.15) is 12.4 Å². The van der Waals surface area contributed by atoms with Crippen molar-refractivity contribution in [1.82, 2.24) is 10.6 Å². The molecule has 0 spiro atoms. The number of amides is 2. The Bertz CT molecular complexity index is 852. The fourth-order valence-electron chi connectivity index (χ4n) is 2.42. The molecule has 4 N–H and O–H groups in total. The van der Waals surface area contributed by atoms with Gasteiger partial charge < -0.3 is 15.4 Å². The standard InChI is InChI=1S/C19H25N3O4S/c1-2-15-4-3-5-17(14-15)26-13-12-22-19(23)21-11-10-16-6-8-18(9-7-16)27(20,24)25/h3-9,14H,2,10-13H2,1H3,(H2,20,24,25)(H2,21,22,23). The Hall–Kier alpha value is -2.58. The number of ether oxygens (including phenoxy) is 1. The smallest absolute Gasteiger partial charge is 0.314 e. The number of hydrogen-bond acceptors (Lipinski definition) is 4. The highest BCUT2D eigenvalue weighted by Gasteiger charge is 2.07. The number of urea groups is 1. The fraction of sp³-hybridized carbons (Fsp3) is 0.316. The van der Waals surface area contributed by atoms with Crippen molar-refractivity contribution in [3.63, 3.8) is 0 Å². The van der Waals surface area contributed by atoms with Crippen LogP contribution in [0.5, 0.6) is 5.75 Å². The minimum atomic E-state index is -3.68. The van der Waals surface area contributed by atoms with Crippen LogP contribution in [0, 0.1) is 0 Å². The summed E-state index contributed by atoms with van der Waals surface area (Å²) in [4.78, 5) is 11.8. The van der Waals surface area contributed by atoms with Crippen molar-refractivity contribution in [2.45, 2.75) is 24.7 Å². The SMILES string of the molecule is CCc1cccc(OCCNC(=O)NCCc2ccc(S(N)(=O)=O)cc2)c1. The molecule has 0 radical (unpaired) electrons. The molecule has 146 valence electrons. The zero-order chi connectivity index (χ0) is 19.7. The van der Waals surface area contributed by atoms with Gasteiger partial charge >= 0.3 is 6.03 Å². The van der Waals surface area contributed by atoms with E-state index >= 15 is 0 Å². The van der Waals surface area contributed by atoms with Crippen molar-refractivity contribution in [3.8, 4) is 5.75 Å². The lowest BCUT2D eigenvalue weighted by Gasteiger charge is -2.10. The highest BCUT2D eigenvalue weighted by Crippen LogP contribution is 2.13. The molecule has 8 heteroatoms. The summed E-state index contributed by atoms with van der Waals surface area (Å²) in [6.45, 7) is 3.29. The van der Waals surface area contributed by atoms with Gasteiger partial charge in [0.2, 0.25) is 10.0 Å². The molecule has 2 aromatic rings. The van der Waals surface area contributed by atoms with Gasteiger partial charge in [-0.25, -0.2) is 18.4 Å².